The highest BCUT2D eigenvalue weighted by Crippen LogP contribution is 2.29. The molecule has 3 rings (SSSR count). The molecule has 1 heterocycles. The zero-order valence-corrected chi connectivity index (χ0v) is 16.1. The minimum atomic E-state index is 0.385. The Hall–Kier alpha value is -4.36. The number of allylic oxidation sites excluding steroid dienone is 1. The van der Waals surface area contributed by atoms with Crippen LogP contribution < -0.4 is 16.4 Å². The number of benzene rings is 2. The zero-order valence-electron chi connectivity index (χ0n) is 16.1. The van der Waals surface area contributed by atoms with Gasteiger partial charge >= 0.3 is 0 Å². The summed E-state index contributed by atoms with van der Waals surface area (Å²) in [4.78, 5) is 8.70. The number of nitrogens with zero attached hydrogens (tertiary/aromatic N) is 4. The van der Waals surface area contributed by atoms with Crippen LogP contribution in [0, 0.1) is 36.5 Å². The molecule has 7 nitrogen and oxygen atoms in total. The van der Waals surface area contributed by atoms with Crippen molar-refractivity contribution in [2.24, 2.45) is 0 Å². The predicted octanol–water partition coefficient (Wildman–Crippen LogP) is 4.57. The first-order chi connectivity index (χ1) is 14.0. The fourth-order valence-electron chi connectivity index (χ4n) is 2.85. The molecule has 0 spiro atoms. The van der Waals surface area contributed by atoms with E-state index in [1.165, 1.54) is 12.3 Å². The fourth-order valence-corrected chi connectivity index (χ4v) is 2.85. The van der Waals surface area contributed by atoms with Crippen LogP contribution in [0.25, 0.3) is 6.08 Å². The number of aromatic nitrogens is 2. The predicted molar refractivity (Wildman–Crippen MR) is 115 cm³/mol. The summed E-state index contributed by atoms with van der Waals surface area (Å²) in [5, 5.41) is 24.0. The lowest BCUT2D eigenvalue weighted by molar-refractivity contribution is 1.16. The standard InChI is InChI=1S/C22H19N7/c1-14-10-17(4-3-9-23)11-15(2)20(14)28-21-19(25)13-26-22(29-21)27-18-7-5-16(12-24)6-8-18/h3-8,10-11,13H,25H2,1-2H3,(H2,26,27,28,29). The van der Waals surface area contributed by atoms with Crippen LogP contribution in [0.4, 0.5) is 28.8 Å². The van der Waals surface area contributed by atoms with Crippen LogP contribution in [0.1, 0.15) is 22.3 Å². The van der Waals surface area contributed by atoms with E-state index in [0.29, 0.717) is 23.0 Å². The molecule has 29 heavy (non-hydrogen) atoms. The van der Waals surface area contributed by atoms with Crippen LogP contribution in [0.2, 0.25) is 0 Å². The summed E-state index contributed by atoms with van der Waals surface area (Å²) in [5.41, 5.74) is 11.7. The molecule has 7 heteroatoms. The van der Waals surface area contributed by atoms with E-state index in [9.17, 15) is 0 Å². The molecule has 0 radical (unpaired) electrons. The second-order valence-corrected chi connectivity index (χ2v) is 6.43. The highest BCUT2D eigenvalue weighted by atomic mass is 15.2. The molecule has 0 aliphatic heterocycles. The Kier molecular flexibility index (Phi) is 5.72. The molecule has 0 fully saturated rings. The summed E-state index contributed by atoms with van der Waals surface area (Å²) < 4.78 is 0. The molecule has 142 valence electrons. The van der Waals surface area contributed by atoms with E-state index in [-0.39, 0.29) is 0 Å². The van der Waals surface area contributed by atoms with Gasteiger partial charge in [0.05, 0.1) is 29.6 Å². The molecule has 0 bridgehead atoms. The topological polar surface area (TPSA) is 123 Å². The number of nitrogen functional groups attached to an aromatic ring is 1. The number of anilines is 5. The molecular formula is C22H19N7. The summed E-state index contributed by atoms with van der Waals surface area (Å²) in [5.74, 6) is 0.873. The first-order valence-electron chi connectivity index (χ1n) is 8.84. The summed E-state index contributed by atoms with van der Waals surface area (Å²) in [6, 6.07) is 15.0. The molecular weight excluding hydrogens is 362 g/mol. The van der Waals surface area contributed by atoms with Crippen molar-refractivity contribution < 1.29 is 0 Å². The van der Waals surface area contributed by atoms with Crippen LogP contribution in [0.5, 0.6) is 0 Å². The zero-order chi connectivity index (χ0) is 20.8. The molecule has 2 aromatic carbocycles. The van der Waals surface area contributed by atoms with Gasteiger partial charge in [-0.3, -0.25) is 0 Å². The average Bonchev–Trinajstić information content (AvgIpc) is 2.72. The Bertz CT molecular complexity index is 1130. The van der Waals surface area contributed by atoms with Crippen molar-refractivity contribution in [3.05, 3.63) is 70.9 Å². The average molecular weight is 381 g/mol. The number of aryl methyl sites for hydroxylation is 2. The Morgan fingerprint density at radius 2 is 1.72 bits per heavy atom. The summed E-state index contributed by atoms with van der Waals surface area (Å²) in [6.07, 6.45) is 4.75. The third-order valence-corrected chi connectivity index (χ3v) is 4.24. The minimum absolute atomic E-state index is 0.385. The SMILES string of the molecule is Cc1cc(C=CC#N)cc(C)c1Nc1nc(Nc2ccc(C#N)cc2)ncc1N. The number of hydrogen-bond donors (Lipinski definition) is 3. The quantitative estimate of drug-likeness (QED) is 0.553. The molecule has 0 saturated heterocycles. The number of nitrogens with two attached hydrogens (primary N) is 1. The number of hydrogen-bond acceptors (Lipinski definition) is 7. The second-order valence-electron chi connectivity index (χ2n) is 6.43. The number of nitrogens with one attached hydrogen (secondary N) is 2. The molecule has 0 saturated carbocycles. The first kappa shape index (κ1) is 19.4. The van der Waals surface area contributed by atoms with Gasteiger partial charge in [-0.1, -0.05) is 0 Å². The largest absolute Gasteiger partial charge is 0.394 e. The van der Waals surface area contributed by atoms with Crippen molar-refractivity contribution >= 4 is 34.9 Å². The summed E-state index contributed by atoms with van der Waals surface area (Å²) >= 11 is 0. The maximum atomic E-state index is 8.89. The van der Waals surface area contributed by atoms with Crippen LogP contribution in [0.3, 0.4) is 0 Å². The Morgan fingerprint density at radius 3 is 2.34 bits per heavy atom. The van der Waals surface area contributed by atoms with E-state index < -0.39 is 0 Å². The van der Waals surface area contributed by atoms with E-state index in [1.54, 1.807) is 30.3 Å². The second kappa shape index (κ2) is 8.55. The number of rotatable bonds is 5. The Balaban J connectivity index is 1.86. The van der Waals surface area contributed by atoms with E-state index in [2.05, 4.69) is 26.7 Å². The third-order valence-electron chi connectivity index (χ3n) is 4.24. The van der Waals surface area contributed by atoms with Crippen molar-refractivity contribution in [1.82, 2.24) is 9.97 Å². The highest BCUT2D eigenvalue weighted by Gasteiger charge is 2.10. The van der Waals surface area contributed by atoms with Crippen molar-refractivity contribution in [3.63, 3.8) is 0 Å². The third kappa shape index (κ3) is 4.68. The summed E-state index contributed by atoms with van der Waals surface area (Å²) in [7, 11) is 0. The van der Waals surface area contributed by atoms with Gasteiger partial charge < -0.3 is 16.4 Å². The summed E-state index contributed by atoms with van der Waals surface area (Å²) in [6.45, 7) is 3.96. The van der Waals surface area contributed by atoms with Gasteiger partial charge in [-0.2, -0.15) is 15.5 Å². The molecule has 4 N–H and O–H groups in total. The smallest absolute Gasteiger partial charge is 0.229 e. The normalized spacial score (nSPS) is 10.3. The van der Waals surface area contributed by atoms with Gasteiger partial charge in [0.1, 0.15) is 0 Å². The maximum absolute atomic E-state index is 8.89. The Labute approximate surface area is 169 Å². The van der Waals surface area contributed by atoms with Crippen LogP contribution in [-0.4, -0.2) is 9.97 Å². The van der Waals surface area contributed by atoms with E-state index in [1.807, 2.05) is 32.0 Å². The van der Waals surface area contributed by atoms with Crippen LogP contribution >= 0.6 is 0 Å². The molecule has 0 amide bonds. The lowest BCUT2D eigenvalue weighted by Crippen LogP contribution is -2.06. The lowest BCUT2D eigenvalue weighted by Gasteiger charge is -2.15. The van der Waals surface area contributed by atoms with E-state index in [0.717, 1.165) is 28.1 Å². The molecule has 3 aromatic rings. The van der Waals surface area contributed by atoms with Crippen molar-refractivity contribution in [2.45, 2.75) is 13.8 Å². The lowest BCUT2D eigenvalue weighted by atomic mass is 10.0. The molecule has 0 unspecified atom stereocenters. The van der Waals surface area contributed by atoms with E-state index >= 15 is 0 Å². The van der Waals surface area contributed by atoms with Crippen LogP contribution in [0.15, 0.2) is 48.7 Å². The molecule has 1 aromatic heterocycles. The highest BCUT2D eigenvalue weighted by molar-refractivity contribution is 5.74. The molecule has 0 aliphatic rings. The Morgan fingerprint density at radius 1 is 1.03 bits per heavy atom. The van der Waals surface area contributed by atoms with Crippen LogP contribution in [-0.2, 0) is 0 Å². The molecule has 0 aliphatic carbocycles. The van der Waals surface area contributed by atoms with Gasteiger partial charge in [-0.25, -0.2) is 4.98 Å². The minimum Gasteiger partial charge on any atom is -0.394 e. The van der Waals surface area contributed by atoms with Gasteiger partial charge in [0.25, 0.3) is 0 Å². The van der Waals surface area contributed by atoms with Crippen molar-refractivity contribution in [2.75, 3.05) is 16.4 Å². The number of nitriles is 2. The van der Waals surface area contributed by atoms with Gasteiger partial charge in [-0.05, 0) is 73.0 Å². The first-order valence-corrected chi connectivity index (χ1v) is 8.84. The van der Waals surface area contributed by atoms with Gasteiger partial charge in [-0.15, -0.1) is 0 Å². The fraction of sp³-hybridized carbons (Fsp3) is 0.0909. The van der Waals surface area contributed by atoms with E-state index in [4.69, 9.17) is 16.3 Å². The monoisotopic (exact) mass is 381 g/mol. The van der Waals surface area contributed by atoms with Crippen molar-refractivity contribution in [1.29, 1.82) is 10.5 Å². The maximum Gasteiger partial charge on any atom is 0.229 e. The van der Waals surface area contributed by atoms with Gasteiger partial charge in [0.15, 0.2) is 5.82 Å². The van der Waals surface area contributed by atoms with Gasteiger partial charge in [0.2, 0.25) is 5.95 Å². The molecule has 0 atom stereocenters. The van der Waals surface area contributed by atoms with Gasteiger partial charge in [0, 0.05) is 17.5 Å². The van der Waals surface area contributed by atoms with Crippen molar-refractivity contribution in [3.8, 4) is 12.1 Å².